The van der Waals surface area contributed by atoms with Crippen molar-refractivity contribution in [2.45, 2.75) is 13.1 Å². The highest BCUT2D eigenvalue weighted by molar-refractivity contribution is 5.96. The van der Waals surface area contributed by atoms with Crippen LogP contribution in [0.1, 0.15) is 21.9 Å². The van der Waals surface area contributed by atoms with E-state index in [2.05, 4.69) is 9.97 Å². The molecule has 0 unspecified atom stereocenters. The van der Waals surface area contributed by atoms with Crippen LogP contribution in [-0.4, -0.2) is 20.3 Å². The van der Waals surface area contributed by atoms with E-state index < -0.39 is 17.8 Å². The second-order valence-electron chi connectivity index (χ2n) is 3.43. The van der Waals surface area contributed by atoms with Crippen molar-refractivity contribution >= 4 is 11.6 Å². The van der Waals surface area contributed by atoms with Gasteiger partial charge < -0.3 is 5.73 Å². The molecule has 0 atom stereocenters. The van der Waals surface area contributed by atoms with Crippen molar-refractivity contribution in [3.8, 4) is 0 Å². The normalized spacial score (nSPS) is 12.0. The lowest BCUT2D eigenvalue weighted by atomic mass is 10.3. The Morgan fingerprint density at radius 3 is 2.65 bits per heavy atom. The maximum Gasteiger partial charge on any atom is 0.431 e. The topological polar surface area (TPSA) is 73.3 Å². The van der Waals surface area contributed by atoms with E-state index in [1.807, 2.05) is 0 Å². The van der Waals surface area contributed by atoms with Gasteiger partial charge in [-0.05, 0) is 13.0 Å². The molecule has 2 heterocycles. The van der Waals surface area contributed by atoms with Crippen LogP contribution in [-0.2, 0) is 6.18 Å². The van der Waals surface area contributed by atoms with Gasteiger partial charge in [-0.1, -0.05) is 0 Å². The van der Waals surface area contributed by atoms with E-state index in [9.17, 15) is 18.0 Å². The highest BCUT2D eigenvalue weighted by Gasteiger charge is 2.34. The van der Waals surface area contributed by atoms with Crippen LogP contribution in [0.15, 0.2) is 12.4 Å². The SMILES string of the molecule is Cc1cc(C(F)(F)F)n2cnc(C(N)=O)c2n1. The molecular formula is C9H7F3N4O. The highest BCUT2D eigenvalue weighted by atomic mass is 19.4. The maximum atomic E-state index is 12.7. The molecule has 0 aliphatic heterocycles. The molecule has 1 amide bonds. The molecule has 0 aliphatic rings. The third-order valence-electron chi connectivity index (χ3n) is 2.15. The van der Waals surface area contributed by atoms with E-state index in [1.165, 1.54) is 6.92 Å². The molecule has 0 bridgehead atoms. The van der Waals surface area contributed by atoms with Crippen LogP contribution >= 0.6 is 0 Å². The number of rotatable bonds is 1. The molecule has 2 rings (SSSR count). The largest absolute Gasteiger partial charge is 0.431 e. The van der Waals surface area contributed by atoms with Crippen LogP contribution in [0.3, 0.4) is 0 Å². The zero-order valence-corrected chi connectivity index (χ0v) is 8.62. The van der Waals surface area contributed by atoms with Crippen LogP contribution in [0.5, 0.6) is 0 Å². The van der Waals surface area contributed by atoms with E-state index in [-0.39, 0.29) is 17.0 Å². The van der Waals surface area contributed by atoms with Crippen molar-refractivity contribution in [1.29, 1.82) is 0 Å². The van der Waals surface area contributed by atoms with E-state index in [0.29, 0.717) is 4.40 Å². The number of imidazole rings is 1. The molecule has 0 saturated heterocycles. The summed E-state index contributed by atoms with van der Waals surface area (Å²) in [5.41, 5.74) is 3.72. The molecule has 0 fully saturated rings. The third-order valence-corrected chi connectivity index (χ3v) is 2.15. The summed E-state index contributed by atoms with van der Waals surface area (Å²) in [6.45, 7) is 1.40. The summed E-state index contributed by atoms with van der Waals surface area (Å²) in [6, 6.07) is 0.874. The van der Waals surface area contributed by atoms with Crippen molar-refractivity contribution in [2.75, 3.05) is 0 Å². The van der Waals surface area contributed by atoms with Gasteiger partial charge in [-0.3, -0.25) is 9.20 Å². The van der Waals surface area contributed by atoms with Crippen molar-refractivity contribution in [3.05, 3.63) is 29.5 Å². The Morgan fingerprint density at radius 1 is 1.47 bits per heavy atom. The van der Waals surface area contributed by atoms with E-state index >= 15 is 0 Å². The van der Waals surface area contributed by atoms with Gasteiger partial charge in [0.1, 0.15) is 12.0 Å². The molecule has 0 aromatic carbocycles. The summed E-state index contributed by atoms with van der Waals surface area (Å²) < 4.78 is 38.8. The van der Waals surface area contributed by atoms with Gasteiger partial charge >= 0.3 is 6.18 Å². The molecule has 2 aromatic heterocycles. The van der Waals surface area contributed by atoms with Crippen molar-refractivity contribution < 1.29 is 18.0 Å². The van der Waals surface area contributed by atoms with Crippen LogP contribution in [0.2, 0.25) is 0 Å². The van der Waals surface area contributed by atoms with Gasteiger partial charge in [-0.15, -0.1) is 0 Å². The summed E-state index contributed by atoms with van der Waals surface area (Å²) in [6.07, 6.45) is -3.67. The number of alkyl halides is 3. The zero-order valence-electron chi connectivity index (χ0n) is 8.62. The summed E-state index contributed by atoms with van der Waals surface area (Å²) in [4.78, 5) is 18.3. The highest BCUT2D eigenvalue weighted by Crippen LogP contribution is 2.30. The maximum absolute atomic E-state index is 12.7. The van der Waals surface area contributed by atoms with Gasteiger partial charge in [-0.25, -0.2) is 9.97 Å². The Bertz CT molecular complexity index is 602. The molecular weight excluding hydrogens is 237 g/mol. The lowest BCUT2D eigenvalue weighted by molar-refractivity contribution is -0.142. The number of nitrogens with zero attached hydrogens (tertiary/aromatic N) is 3. The number of aromatic nitrogens is 3. The average Bonchev–Trinajstić information content (AvgIpc) is 2.57. The number of primary amides is 1. The molecule has 17 heavy (non-hydrogen) atoms. The Labute approximate surface area is 93.1 Å². The minimum atomic E-state index is -4.55. The monoisotopic (exact) mass is 244 g/mol. The lowest BCUT2D eigenvalue weighted by Crippen LogP contribution is -2.15. The number of amides is 1. The van der Waals surface area contributed by atoms with Gasteiger partial charge in [0.15, 0.2) is 11.3 Å². The second-order valence-corrected chi connectivity index (χ2v) is 3.43. The number of carbonyl (C=O) groups is 1. The van der Waals surface area contributed by atoms with Gasteiger partial charge in [0.05, 0.1) is 0 Å². The van der Waals surface area contributed by atoms with Crippen LogP contribution in [0.4, 0.5) is 13.2 Å². The number of hydrogen-bond donors (Lipinski definition) is 1. The van der Waals surface area contributed by atoms with Gasteiger partial charge in [0.25, 0.3) is 5.91 Å². The molecule has 0 spiro atoms. The molecule has 0 aliphatic carbocycles. The van der Waals surface area contributed by atoms with Crippen LogP contribution in [0.25, 0.3) is 5.65 Å². The summed E-state index contributed by atoms with van der Waals surface area (Å²) >= 11 is 0. The van der Waals surface area contributed by atoms with E-state index in [4.69, 9.17) is 5.73 Å². The predicted octanol–water partition coefficient (Wildman–Crippen LogP) is 1.16. The summed E-state index contributed by atoms with van der Waals surface area (Å²) in [7, 11) is 0. The smallest absolute Gasteiger partial charge is 0.364 e. The Kier molecular flexibility index (Phi) is 2.30. The number of hydrogen-bond acceptors (Lipinski definition) is 3. The lowest BCUT2D eigenvalue weighted by Gasteiger charge is -2.09. The first-order chi connectivity index (χ1) is 7.80. The quantitative estimate of drug-likeness (QED) is 0.817. The second kappa shape index (κ2) is 3.44. The van der Waals surface area contributed by atoms with E-state index in [1.54, 1.807) is 0 Å². The summed E-state index contributed by atoms with van der Waals surface area (Å²) in [5.74, 6) is -0.918. The number of halogens is 3. The van der Waals surface area contributed by atoms with Gasteiger partial charge in [0.2, 0.25) is 0 Å². The fraction of sp³-hybridized carbons (Fsp3) is 0.222. The standard InChI is InChI=1S/C9H7F3N4O/c1-4-2-5(9(10,11)12)16-3-14-6(7(13)17)8(16)15-4/h2-3H,1H3,(H2,13,17). The molecule has 0 saturated carbocycles. The number of carbonyl (C=O) groups excluding carboxylic acids is 1. The third kappa shape index (κ3) is 1.81. The van der Waals surface area contributed by atoms with Crippen molar-refractivity contribution in [2.24, 2.45) is 5.73 Å². The van der Waals surface area contributed by atoms with Gasteiger partial charge in [0, 0.05) is 5.69 Å². The minimum Gasteiger partial charge on any atom is -0.364 e. The molecule has 0 radical (unpaired) electrons. The first-order valence-corrected chi connectivity index (χ1v) is 4.52. The van der Waals surface area contributed by atoms with Crippen LogP contribution in [0, 0.1) is 6.92 Å². The predicted molar refractivity (Wildman–Crippen MR) is 51.2 cm³/mol. The fourth-order valence-electron chi connectivity index (χ4n) is 1.48. The zero-order chi connectivity index (χ0) is 12.8. The molecule has 2 N–H and O–H groups in total. The summed E-state index contributed by atoms with van der Waals surface area (Å²) in [5, 5.41) is 0. The van der Waals surface area contributed by atoms with Crippen LogP contribution < -0.4 is 5.73 Å². The van der Waals surface area contributed by atoms with E-state index in [0.717, 1.165) is 12.4 Å². The Hall–Kier alpha value is -2.12. The first-order valence-electron chi connectivity index (χ1n) is 4.52. The Balaban J connectivity index is 2.84. The van der Waals surface area contributed by atoms with Crippen molar-refractivity contribution in [1.82, 2.24) is 14.4 Å². The number of nitrogens with two attached hydrogens (primary N) is 1. The fourth-order valence-corrected chi connectivity index (χ4v) is 1.48. The Morgan fingerprint density at radius 2 is 2.12 bits per heavy atom. The molecule has 5 nitrogen and oxygen atoms in total. The number of fused-ring (bicyclic) bond motifs is 1. The molecule has 90 valence electrons. The van der Waals surface area contributed by atoms with Gasteiger partial charge in [-0.2, -0.15) is 13.2 Å². The minimum absolute atomic E-state index is 0.132. The molecule has 2 aromatic rings. The first kappa shape index (κ1) is 11.4. The average molecular weight is 244 g/mol. The molecule has 8 heteroatoms. The number of aryl methyl sites for hydroxylation is 1. The van der Waals surface area contributed by atoms with Crippen molar-refractivity contribution in [3.63, 3.8) is 0 Å².